The Balaban J connectivity index is 1.98. The quantitative estimate of drug-likeness (QED) is 0.311. The average Bonchev–Trinajstić information content (AvgIpc) is 2.91. The number of rotatable bonds is 3. The van der Waals surface area contributed by atoms with Crippen molar-refractivity contribution >= 4 is 51.0 Å². The lowest BCUT2D eigenvalue weighted by molar-refractivity contribution is -0.384. The lowest BCUT2D eigenvalue weighted by Crippen LogP contribution is -1.97. The number of non-ortho nitro benzene ring substituents is 1. The van der Waals surface area contributed by atoms with Gasteiger partial charge in [-0.2, -0.15) is 0 Å². The molecular weight excluding hydrogens is 398 g/mol. The zero-order valence-electron chi connectivity index (χ0n) is 12.0. The van der Waals surface area contributed by atoms with E-state index in [-0.39, 0.29) is 11.3 Å². The molecule has 0 saturated heterocycles. The molecule has 0 spiro atoms. The molecule has 24 heavy (non-hydrogen) atoms. The number of nitro benzene ring substituents is 1. The summed E-state index contributed by atoms with van der Waals surface area (Å²) in [6, 6.07) is 11.3. The minimum Gasteiger partial charge on any atom is -0.422 e. The summed E-state index contributed by atoms with van der Waals surface area (Å²) in [6.07, 6.45) is 3.06. The van der Waals surface area contributed by atoms with E-state index in [1.807, 2.05) is 24.3 Å². The first-order valence-electron chi connectivity index (χ1n) is 6.79. The van der Waals surface area contributed by atoms with Crippen molar-refractivity contribution in [3.63, 3.8) is 0 Å². The molecule has 7 heteroatoms. The summed E-state index contributed by atoms with van der Waals surface area (Å²) in [6.45, 7) is 0. The van der Waals surface area contributed by atoms with Crippen molar-refractivity contribution in [3.05, 3.63) is 84.9 Å². The van der Waals surface area contributed by atoms with E-state index in [4.69, 9.17) is 16.3 Å². The molecule has 2 aromatic rings. The average molecular weight is 407 g/mol. The molecule has 120 valence electrons. The number of ether oxygens (including phenoxy) is 1. The standard InChI is InChI=1S/C17H9BrClNO4/c18-13-3-1-10(2-4-13)16-9-12(17(21)24-16)7-11-8-14(20(22)23)5-6-15(11)19/h1-9H/b12-7+. The third-order valence-corrected chi connectivity index (χ3v) is 4.23. The normalized spacial score (nSPS) is 15.3. The second-order valence-electron chi connectivity index (χ2n) is 4.97. The third kappa shape index (κ3) is 3.39. The van der Waals surface area contributed by atoms with Crippen LogP contribution in [0.4, 0.5) is 5.69 Å². The summed E-state index contributed by atoms with van der Waals surface area (Å²) in [4.78, 5) is 22.4. The lowest BCUT2D eigenvalue weighted by Gasteiger charge is -2.01. The molecule has 0 saturated carbocycles. The summed E-state index contributed by atoms with van der Waals surface area (Å²) in [5.41, 5.74) is 1.30. The third-order valence-electron chi connectivity index (χ3n) is 3.36. The molecule has 1 heterocycles. The first-order chi connectivity index (χ1) is 11.4. The number of esters is 1. The van der Waals surface area contributed by atoms with E-state index in [0.29, 0.717) is 16.3 Å². The van der Waals surface area contributed by atoms with Crippen molar-refractivity contribution in [1.82, 2.24) is 0 Å². The summed E-state index contributed by atoms with van der Waals surface area (Å²) in [7, 11) is 0. The molecule has 0 aliphatic carbocycles. The molecule has 0 amide bonds. The zero-order chi connectivity index (χ0) is 17.3. The fraction of sp³-hybridized carbons (Fsp3) is 0. The molecule has 3 rings (SSSR count). The minimum absolute atomic E-state index is 0.102. The fourth-order valence-corrected chi connectivity index (χ4v) is 2.60. The van der Waals surface area contributed by atoms with Crippen molar-refractivity contribution in [3.8, 4) is 0 Å². The van der Waals surface area contributed by atoms with Crippen LogP contribution in [0, 0.1) is 10.1 Å². The van der Waals surface area contributed by atoms with Crippen molar-refractivity contribution < 1.29 is 14.5 Å². The van der Waals surface area contributed by atoms with Gasteiger partial charge in [0.15, 0.2) is 0 Å². The number of nitro groups is 1. The summed E-state index contributed by atoms with van der Waals surface area (Å²) in [5.74, 6) is -0.115. The number of benzene rings is 2. The highest BCUT2D eigenvalue weighted by Crippen LogP contribution is 2.30. The summed E-state index contributed by atoms with van der Waals surface area (Å²) in [5, 5.41) is 11.2. The van der Waals surface area contributed by atoms with Crippen LogP contribution in [0.3, 0.4) is 0 Å². The molecule has 0 N–H and O–H groups in total. The van der Waals surface area contributed by atoms with Crippen LogP contribution in [0.5, 0.6) is 0 Å². The Hall–Kier alpha value is -2.44. The van der Waals surface area contributed by atoms with Gasteiger partial charge in [0.25, 0.3) is 5.69 Å². The van der Waals surface area contributed by atoms with Gasteiger partial charge in [-0.15, -0.1) is 0 Å². The number of carbonyl (C=O) groups excluding carboxylic acids is 1. The number of carbonyl (C=O) groups is 1. The van der Waals surface area contributed by atoms with E-state index in [1.165, 1.54) is 24.3 Å². The van der Waals surface area contributed by atoms with Gasteiger partial charge in [-0.25, -0.2) is 4.79 Å². The Morgan fingerprint density at radius 3 is 2.54 bits per heavy atom. The molecule has 5 nitrogen and oxygen atoms in total. The van der Waals surface area contributed by atoms with E-state index in [0.717, 1.165) is 10.0 Å². The van der Waals surface area contributed by atoms with Crippen LogP contribution < -0.4 is 0 Å². The van der Waals surface area contributed by atoms with E-state index in [1.54, 1.807) is 6.08 Å². The summed E-state index contributed by atoms with van der Waals surface area (Å²) < 4.78 is 6.16. The largest absolute Gasteiger partial charge is 0.422 e. The zero-order valence-corrected chi connectivity index (χ0v) is 14.4. The Bertz CT molecular complexity index is 903. The Labute approximate surface area is 150 Å². The molecule has 0 bridgehead atoms. The van der Waals surface area contributed by atoms with Gasteiger partial charge >= 0.3 is 5.97 Å². The predicted molar refractivity (Wildman–Crippen MR) is 94.3 cm³/mol. The Morgan fingerprint density at radius 2 is 1.88 bits per heavy atom. The maximum atomic E-state index is 12.0. The van der Waals surface area contributed by atoms with E-state index >= 15 is 0 Å². The maximum Gasteiger partial charge on any atom is 0.343 e. The van der Waals surface area contributed by atoms with Crippen LogP contribution in [0.2, 0.25) is 5.02 Å². The van der Waals surface area contributed by atoms with Gasteiger partial charge in [0, 0.05) is 32.8 Å². The Kier molecular flexibility index (Phi) is 4.51. The highest BCUT2D eigenvalue weighted by molar-refractivity contribution is 9.10. The van der Waals surface area contributed by atoms with Crippen LogP contribution in [-0.4, -0.2) is 10.9 Å². The maximum absolute atomic E-state index is 12.0. The molecule has 0 radical (unpaired) electrons. The molecule has 2 aromatic carbocycles. The van der Waals surface area contributed by atoms with E-state index < -0.39 is 10.9 Å². The molecule has 1 aliphatic rings. The second kappa shape index (κ2) is 6.59. The number of hydrogen-bond donors (Lipinski definition) is 0. The van der Waals surface area contributed by atoms with Gasteiger partial charge in [0.2, 0.25) is 0 Å². The minimum atomic E-state index is -0.532. The molecule has 0 atom stereocenters. The van der Waals surface area contributed by atoms with Crippen LogP contribution >= 0.6 is 27.5 Å². The first kappa shape index (κ1) is 16.4. The summed E-state index contributed by atoms with van der Waals surface area (Å²) >= 11 is 9.39. The molecule has 0 fully saturated rings. The topological polar surface area (TPSA) is 69.4 Å². The molecule has 0 unspecified atom stereocenters. The molecule has 0 aromatic heterocycles. The number of halogens is 2. The van der Waals surface area contributed by atoms with Crippen molar-refractivity contribution in [2.75, 3.05) is 0 Å². The lowest BCUT2D eigenvalue weighted by atomic mass is 10.1. The van der Waals surface area contributed by atoms with Crippen LogP contribution in [0.25, 0.3) is 11.8 Å². The Morgan fingerprint density at radius 1 is 1.17 bits per heavy atom. The van der Waals surface area contributed by atoms with Crippen LogP contribution in [0.15, 0.2) is 58.6 Å². The van der Waals surface area contributed by atoms with Gasteiger partial charge < -0.3 is 4.74 Å². The van der Waals surface area contributed by atoms with Gasteiger partial charge in [-0.3, -0.25) is 10.1 Å². The van der Waals surface area contributed by atoms with Gasteiger partial charge in [-0.05, 0) is 30.4 Å². The number of nitrogens with zero attached hydrogens (tertiary/aromatic N) is 1. The molecular formula is C17H9BrClNO4. The van der Waals surface area contributed by atoms with Gasteiger partial charge in [0.05, 0.1) is 10.5 Å². The van der Waals surface area contributed by atoms with Crippen LogP contribution in [-0.2, 0) is 9.53 Å². The highest BCUT2D eigenvalue weighted by Gasteiger charge is 2.22. The van der Waals surface area contributed by atoms with Gasteiger partial charge in [-0.1, -0.05) is 39.7 Å². The number of hydrogen-bond acceptors (Lipinski definition) is 4. The highest BCUT2D eigenvalue weighted by atomic mass is 79.9. The van der Waals surface area contributed by atoms with Crippen molar-refractivity contribution in [2.45, 2.75) is 0 Å². The fourth-order valence-electron chi connectivity index (χ4n) is 2.17. The van der Waals surface area contributed by atoms with Crippen LogP contribution in [0.1, 0.15) is 11.1 Å². The van der Waals surface area contributed by atoms with Gasteiger partial charge in [0.1, 0.15) is 5.76 Å². The predicted octanol–water partition coefficient (Wildman–Crippen LogP) is 4.99. The smallest absolute Gasteiger partial charge is 0.343 e. The van der Waals surface area contributed by atoms with E-state index in [2.05, 4.69) is 15.9 Å². The number of cyclic esters (lactones) is 1. The molecule has 1 aliphatic heterocycles. The van der Waals surface area contributed by atoms with Crippen molar-refractivity contribution in [2.24, 2.45) is 0 Å². The SMILES string of the molecule is O=C1OC(c2ccc(Br)cc2)=C/C1=C\c1cc([N+](=O)[O-])ccc1Cl. The second-order valence-corrected chi connectivity index (χ2v) is 6.29. The monoisotopic (exact) mass is 405 g/mol. The van der Waals surface area contributed by atoms with E-state index in [9.17, 15) is 14.9 Å². The van der Waals surface area contributed by atoms with Crippen molar-refractivity contribution in [1.29, 1.82) is 0 Å². The first-order valence-corrected chi connectivity index (χ1v) is 7.96.